The molecule has 3 atom stereocenters. The van der Waals surface area contributed by atoms with Gasteiger partial charge in [0.1, 0.15) is 0 Å². The number of carbonyl (C=O) groups is 2. The van der Waals surface area contributed by atoms with E-state index in [4.69, 9.17) is 10.4 Å². The van der Waals surface area contributed by atoms with Crippen LogP contribution in [-0.4, -0.2) is 41.1 Å². The number of carboxylic acid groups (broad SMARTS) is 1. The Kier molecular flexibility index (Phi) is 5.61. The van der Waals surface area contributed by atoms with Crippen LogP contribution in [0.3, 0.4) is 0 Å². The number of carbonyl (C=O) groups excluding carboxylic acids is 1. The van der Waals surface area contributed by atoms with Crippen LogP contribution in [0.15, 0.2) is 0 Å². The van der Waals surface area contributed by atoms with Crippen molar-refractivity contribution in [1.82, 2.24) is 10.2 Å². The molecule has 0 aliphatic heterocycles. The molecule has 1 saturated carbocycles. The SMILES string of the molecule is CCN(CC(C)C#N)C(=O)NC1CCC(C(=O)O)C1. The first-order valence-corrected chi connectivity index (χ1v) is 6.65. The molecule has 6 heteroatoms. The number of nitriles is 1. The molecule has 106 valence electrons. The Morgan fingerprint density at radius 3 is 2.68 bits per heavy atom. The minimum Gasteiger partial charge on any atom is -0.481 e. The van der Waals surface area contributed by atoms with Crippen molar-refractivity contribution in [3.8, 4) is 6.07 Å². The van der Waals surface area contributed by atoms with E-state index in [0.717, 1.165) is 0 Å². The molecule has 0 aromatic rings. The molecule has 19 heavy (non-hydrogen) atoms. The molecule has 3 unspecified atom stereocenters. The highest BCUT2D eigenvalue weighted by molar-refractivity contribution is 5.75. The molecule has 0 saturated heterocycles. The van der Waals surface area contributed by atoms with E-state index in [1.54, 1.807) is 11.8 Å². The second-order valence-corrected chi connectivity index (χ2v) is 5.06. The number of nitrogens with zero attached hydrogens (tertiary/aromatic N) is 2. The van der Waals surface area contributed by atoms with Gasteiger partial charge in [-0.1, -0.05) is 0 Å². The van der Waals surface area contributed by atoms with Crippen LogP contribution >= 0.6 is 0 Å². The molecule has 1 aliphatic carbocycles. The van der Waals surface area contributed by atoms with E-state index in [9.17, 15) is 9.59 Å². The number of rotatable bonds is 5. The Labute approximate surface area is 113 Å². The summed E-state index contributed by atoms with van der Waals surface area (Å²) in [5, 5.41) is 20.5. The quantitative estimate of drug-likeness (QED) is 0.788. The average Bonchev–Trinajstić information content (AvgIpc) is 2.84. The topological polar surface area (TPSA) is 93.4 Å². The Balaban J connectivity index is 2.45. The lowest BCUT2D eigenvalue weighted by atomic mass is 10.1. The summed E-state index contributed by atoms with van der Waals surface area (Å²) in [5.74, 6) is -1.35. The van der Waals surface area contributed by atoms with Crippen LogP contribution in [0.5, 0.6) is 0 Å². The highest BCUT2D eigenvalue weighted by Gasteiger charge is 2.31. The van der Waals surface area contributed by atoms with Crippen molar-refractivity contribution in [2.75, 3.05) is 13.1 Å². The Bertz CT molecular complexity index is 378. The monoisotopic (exact) mass is 267 g/mol. The average molecular weight is 267 g/mol. The second-order valence-electron chi connectivity index (χ2n) is 5.06. The minimum absolute atomic E-state index is 0.0694. The molecular formula is C13H21N3O3. The molecule has 6 nitrogen and oxygen atoms in total. The molecule has 0 bridgehead atoms. The van der Waals surface area contributed by atoms with E-state index in [1.807, 2.05) is 6.92 Å². The van der Waals surface area contributed by atoms with Gasteiger partial charge in [-0.2, -0.15) is 5.26 Å². The van der Waals surface area contributed by atoms with E-state index >= 15 is 0 Å². The first-order chi connectivity index (χ1) is 8.97. The van der Waals surface area contributed by atoms with Gasteiger partial charge in [-0.05, 0) is 33.1 Å². The summed E-state index contributed by atoms with van der Waals surface area (Å²) in [6, 6.07) is 1.82. The fourth-order valence-corrected chi connectivity index (χ4v) is 2.33. The van der Waals surface area contributed by atoms with Crippen molar-refractivity contribution in [3.05, 3.63) is 0 Å². The van der Waals surface area contributed by atoms with Gasteiger partial charge >= 0.3 is 12.0 Å². The summed E-state index contributed by atoms with van der Waals surface area (Å²) in [5.41, 5.74) is 0. The van der Waals surface area contributed by atoms with Gasteiger partial charge in [-0.3, -0.25) is 4.79 Å². The lowest BCUT2D eigenvalue weighted by molar-refractivity contribution is -0.141. The van der Waals surface area contributed by atoms with Gasteiger partial charge in [-0.15, -0.1) is 0 Å². The van der Waals surface area contributed by atoms with Crippen molar-refractivity contribution in [2.24, 2.45) is 11.8 Å². The standard InChI is InChI=1S/C13H21N3O3/c1-3-16(8-9(2)7-14)13(19)15-11-5-4-10(6-11)12(17)18/h9-11H,3-6,8H2,1-2H3,(H,15,19)(H,17,18). The van der Waals surface area contributed by atoms with Crippen molar-refractivity contribution in [1.29, 1.82) is 5.26 Å². The lowest BCUT2D eigenvalue weighted by Crippen LogP contribution is -2.45. The zero-order valence-corrected chi connectivity index (χ0v) is 11.4. The van der Waals surface area contributed by atoms with Crippen molar-refractivity contribution < 1.29 is 14.7 Å². The molecule has 0 spiro atoms. The zero-order valence-electron chi connectivity index (χ0n) is 11.4. The van der Waals surface area contributed by atoms with Gasteiger partial charge in [-0.25, -0.2) is 4.79 Å². The van der Waals surface area contributed by atoms with Gasteiger partial charge in [0.15, 0.2) is 0 Å². The Morgan fingerprint density at radius 1 is 1.53 bits per heavy atom. The maximum absolute atomic E-state index is 12.0. The number of urea groups is 1. The fourth-order valence-electron chi connectivity index (χ4n) is 2.33. The number of nitrogens with one attached hydrogen (secondary N) is 1. The summed E-state index contributed by atoms with van der Waals surface area (Å²) in [6.45, 7) is 4.56. The van der Waals surface area contributed by atoms with E-state index in [0.29, 0.717) is 32.4 Å². The molecule has 0 heterocycles. The fraction of sp³-hybridized carbons (Fsp3) is 0.769. The van der Waals surface area contributed by atoms with Crippen LogP contribution in [0.25, 0.3) is 0 Å². The molecule has 0 aromatic carbocycles. The largest absolute Gasteiger partial charge is 0.481 e. The third kappa shape index (κ3) is 4.43. The van der Waals surface area contributed by atoms with Gasteiger partial charge in [0.25, 0.3) is 0 Å². The van der Waals surface area contributed by atoms with Crippen molar-refractivity contribution >= 4 is 12.0 Å². The van der Waals surface area contributed by atoms with Crippen LogP contribution < -0.4 is 5.32 Å². The molecule has 1 aliphatic rings. The van der Waals surface area contributed by atoms with Gasteiger partial charge < -0.3 is 15.3 Å². The molecule has 1 fully saturated rings. The van der Waals surface area contributed by atoms with Crippen LogP contribution in [0.1, 0.15) is 33.1 Å². The molecular weight excluding hydrogens is 246 g/mol. The van der Waals surface area contributed by atoms with Crippen LogP contribution in [-0.2, 0) is 4.79 Å². The van der Waals surface area contributed by atoms with Crippen LogP contribution in [0, 0.1) is 23.2 Å². The van der Waals surface area contributed by atoms with Crippen LogP contribution in [0.4, 0.5) is 4.79 Å². The van der Waals surface area contributed by atoms with Crippen LogP contribution in [0.2, 0.25) is 0 Å². The predicted molar refractivity (Wildman–Crippen MR) is 69.3 cm³/mol. The maximum Gasteiger partial charge on any atom is 0.317 e. The minimum atomic E-state index is -0.790. The van der Waals surface area contributed by atoms with Crippen molar-refractivity contribution in [2.45, 2.75) is 39.2 Å². The van der Waals surface area contributed by atoms with E-state index in [1.165, 1.54) is 0 Å². The van der Waals surface area contributed by atoms with E-state index in [-0.39, 0.29) is 23.9 Å². The highest BCUT2D eigenvalue weighted by Crippen LogP contribution is 2.25. The summed E-state index contributed by atoms with van der Waals surface area (Å²) >= 11 is 0. The summed E-state index contributed by atoms with van der Waals surface area (Å²) in [4.78, 5) is 24.4. The van der Waals surface area contributed by atoms with Crippen molar-refractivity contribution in [3.63, 3.8) is 0 Å². The van der Waals surface area contributed by atoms with Gasteiger partial charge in [0.2, 0.25) is 0 Å². The smallest absolute Gasteiger partial charge is 0.317 e. The Morgan fingerprint density at radius 2 is 2.21 bits per heavy atom. The summed E-state index contributed by atoms with van der Waals surface area (Å²) < 4.78 is 0. The third-order valence-corrected chi connectivity index (χ3v) is 3.49. The Hall–Kier alpha value is -1.77. The number of hydrogen-bond acceptors (Lipinski definition) is 3. The molecule has 2 amide bonds. The molecule has 0 aromatic heterocycles. The molecule has 2 N–H and O–H groups in total. The summed E-state index contributed by atoms with van der Waals surface area (Å²) in [6.07, 6.45) is 1.81. The highest BCUT2D eigenvalue weighted by atomic mass is 16.4. The van der Waals surface area contributed by atoms with Gasteiger partial charge in [0, 0.05) is 19.1 Å². The first-order valence-electron chi connectivity index (χ1n) is 6.65. The summed E-state index contributed by atoms with van der Waals surface area (Å²) in [7, 11) is 0. The first kappa shape index (κ1) is 15.3. The van der Waals surface area contributed by atoms with E-state index in [2.05, 4.69) is 11.4 Å². The lowest BCUT2D eigenvalue weighted by Gasteiger charge is -2.24. The van der Waals surface area contributed by atoms with E-state index < -0.39 is 5.97 Å². The maximum atomic E-state index is 12.0. The number of aliphatic carboxylic acids is 1. The van der Waals surface area contributed by atoms with Gasteiger partial charge in [0.05, 0.1) is 17.9 Å². The number of hydrogen-bond donors (Lipinski definition) is 2. The predicted octanol–water partition coefficient (Wildman–Crippen LogP) is 1.43. The molecule has 1 rings (SSSR count). The third-order valence-electron chi connectivity index (χ3n) is 3.49. The number of carboxylic acids is 1. The zero-order chi connectivity index (χ0) is 14.4. The normalized spacial score (nSPS) is 23.4. The number of amides is 2. The second kappa shape index (κ2) is 6.98. The molecule has 0 radical (unpaired) electrons.